The van der Waals surface area contributed by atoms with E-state index in [0.29, 0.717) is 10.7 Å². The first-order valence-electron chi connectivity index (χ1n) is 7.35. The van der Waals surface area contributed by atoms with E-state index in [1.54, 1.807) is 0 Å². The number of nitrogens with zero attached hydrogens (tertiary/aromatic N) is 2. The van der Waals surface area contributed by atoms with Gasteiger partial charge >= 0.3 is 0 Å². The van der Waals surface area contributed by atoms with Crippen molar-refractivity contribution in [2.75, 3.05) is 0 Å². The van der Waals surface area contributed by atoms with Crippen LogP contribution in [0.25, 0.3) is 0 Å². The highest BCUT2D eigenvalue weighted by molar-refractivity contribution is 9.09. The molecule has 4 heteroatoms. The van der Waals surface area contributed by atoms with Gasteiger partial charge in [0.15, 0.2) is 0 Å². The molecule has 1 fully saturated rings. The van der Waals surface area contributed by atoms with Crippen LogP contribution < -0.4 is 0 Å². The van der Waals surface area contributed by atoms with Gasteiger partial charge in [0.2, 0.25) is 0 Å². The van der Waals surface area contributed by atoms with Crippen molar-refractivity contribution >= 4 is 27.5 Å². The lowest BCUT2D eigenvalue weighted by Crippen LogP contribution is -2.27. The van der Waals surface area contributed by atoms with Gasteiger partial charge in [-0.1, -0.05) is 47.3 Å². The molecule has 2 nitrogen and oxygen atoms in total. The van der Waals surface area contributed by atoms with Gasteiger partial charge in [-0.15, -0.1) is 0 Å². The Morgan fingerprint density at radius 2 is 2.16 bits per heavy atom. The van der Waals surface area contributed by atoms with Crippen LogP contribution in [0.15, 0.2) is 0 Å². The normalized spacial score (nSPS) is 27.7. The van der Waals surface area contributed by atoms with Crippen molar-refractivity contribution in [1.29, 1.82) is 0 Å². The van der Waals surface area contributed by atoms with Gasteiger partial charge in [-0.05, 0) is 44.4 Å². The molecule has 1 aromatic heterocycles. The van der Waals surface area contributed by atoms with E-state index >= 15 is 0 Å². The molecule has 19 heavy (non-hydrogen) atoms. The molecular formula is C15H24BrClN2. The molecule has 0 aliphatic heterocycles. The van der Waals surface area contributed by atoms with Crippen LogP contribution in [-0.2, 0) is 13.5 Å². The average Bonchev–Trinajstić information content (AvgIpc) is 2.60. The molecule has 108 valence electrons. The van der Waals surface area contributed by atoms with E-state index in [4.69, 9.17) is 11.6 Å². The summed E-state index contributed by atoms with van der Waals surface area (Å²) in [6.07, 6.45) is 7.71. The molecule has 1 aliphatic carbocycles. The molecule has 0 radical (unpaired) electrons. The number of alkyl halides is 1. The number of hydrogen-bond donors (Lipinski definition) is 0. The molecule has 1 heterocycles. The fourth-order valence-corrected chi connectivity index (χ4v) is 4.26. The third-order valence-electron chi connectivity index (χ3n) is 4.41. The van der Waals surface area contributed by atoms with Crippen LogP contribution in [-0.4, -0.2) is 14.6 Å². The van der Waals surface area contributed by atoms with Crippen LogP contribution in [0.1, 0.15) is 50.4 Å². The number of aryl methyl sites for hydroxylation is 2. The standard InChI is InChI=1S/C15H24BrClN2/c1-4-5-11-6-7-13(16)12(8-11)9-14-15(17)10(2)18-19(14)3/h11-13H,4-9H2,1-3H3. The molecule has 1 aliphatic rings. The number of hydrogen-bond acceptors (Lipinski definition) is 1. The van der Waals surface area contributed by atoms with Gasteiger partial charge in [0.05, 0.1) is 16.4 Å². The molecule has 0 N–H and O–H groups in total. The van der Waals surface area contributed by atoms with Crippen molar-refractivity contribution in [2.45, 2.75) is 57.2 Å². The van der Waals surface area contributed by atoms with E-state index in [1.165, 1.54) is 37.8 Å². The summed E-state index contributed by atoms with van der Waals surface area (Å²) < 4.78 is 1.96. The summed E-state index contributed by atoms with van der Waals surface area (Å²) in [5.74, 6) is 1.59. The van der Waals surface area contributed by atoms with Crippen LogP contribution in [0.3, 0.4) is 0 Å². The van der Waals surface area contributed by atoms with Gasteiger partial charge in [-0.2, -0.15) is 5.10 Å². The van der Waals surface area contributed by atoms with E-state index in [9.17, 15) is 0 Å². The lowest BCUT2D eigenvalue weighted by atomic mass is 9.77. The van der Waals surface area contributed by atoms with E-state index < -0.39 is 0 Å². The highest BCUT2D eigenvalue weighted by atomic mass is 79.9. The third kappa shape index (κ3) is 3.55. The second kappa shape index (κ2) is 6.62. The first-order valence-corrected chi connectivity index (χ1v) is 8.64. The Hall–Kier alpha value is -0.0200. The van der Waals surface area contributed by atoms with Crippen molar-refractivity contribution in [1.82, 2.24) is 9.78 Å². The molecule has 0 saturated heterocycles. The highest BCUT2D eigenvalue weighted by Crippen LogP contribution is 2.38. The molecule has 3 atom stereocenters. The van der Waals surface area contributed by atoms with Crippen molar-refractivity contribution < 1.29 is 0 Å². The molecule has 1 aromatic rings. The van der Waals surface area contributed by atoms with Crippen LogP contribution >= 0.6 is 27.5 Å². The van der Waals surface area contributed by atoms with Gasteiger partial charge in [0.25, 0.3) is 0 Å². The summed E-state index contributed by atoms with van der Waals surface area (Å²) in [6, 6.07) is 0. The number of aromatic nitrogens is 2. The van der Waals surface area contributed by atoms with Crippen LogP contribution in [0, 0.1) is 18.8 Å². The molecule has 0 bridgehead atoms. The Morgan fingerprint density at radius 3 is 2.74 bits per heavy atom. The minimum atomic E-state index is 0.631. The average molecular weight is 348 g/mol. The molecule has 2 rings (SSSR count). The van der Waals surface area contributed by atoms with Crippen molar-refractivity contribution in [2.24, 2.45) is 18.9 Å². The Bertz CT molecular complexity index is 430. The largest absolute Gasteiger partial charge is 0.271 e. The van der Waals surface area contributed by atoms with Gasteiger partial charge in [0.1, 0.15) is 0 Å². The predicted octanol–water partition coefficient (Wildman–Crippen LogP) is 4.90. The van der Waals surface area contributed by atoms with E-state index in [2.05, 4.69) is 28.0 Å². The molecule has 1 saturated carbocycles. The van der Waals surface area contributed by atoms with Crippen molar-refractivity contribution in [3.8, 4) is 0 Å². The van der Waals surface area contributed by atoms with Gasteiger partial charge in [-0.3, -0.25) is 4.68 Å². The lowest BCUT2D eigenvalue weighted by Gasteiger charge is -2.33. The van der Waals surface area contributed by atoms with Gasteiger partial charge in [0, 0.05) is 11.9 Å². The topological polar surface area (TPSA) is 17.8 Å². The minimum Gasteiger partial charge on any atom is -0.271 e. The predicted molar refractivity (Wildman–Crippen MR) is 85.1 cm³/mol. The van der Waals surface area contributed by atoms with E-state index in [-0.39, 0.29) is 0 Å². The summed E-state index contributed by atoms with van der Waals surface area (Å²) in [4.78, 5) is 0.631. The SMILES string of the molecule is CCCC1CCC(Br)C(Cc2c(Cl)c(C)nn2C)C1. The number of halogens is 2. The fraction of sp³-hybridized carbons (Fsp3) is 0.800. The lowest BCUT2D eigenvalue weighted by molar-refractivity contribution is 0.260. The smallest absolute Gasteiger partial charge is 0.0847 e. The maximum Gasteiger partial charge on any atom is 0.0847 e. The summed E-state index contributed by atoms with van der Waals surface area (Å²) >= 11 is 10.3. The Morgan fingerprint density at radius 1 is 1.42 bits per heavy atom. The van der Waals surface area contributed by atoms with Crippen molar-refractivity contribution in [3.63, 3.8) is 0 Å². The maximum atomic E-state index is 6.38. The van der Waals surface area contributed by atoms with E-state index in [0.717, 1.165) is 23.1 Å². The summed E-state index contributed by atoms with van der Waals surface area (Å²) in [5.41, 5.74) is 2.15. The molecule has 0 amide bonds. The van der Waals surface area contributed by atoms with Gasteiger partial charge in [-0.25, -0.2) is 0 Å². The molecular weight excluding hydrogens is 324 g/mol. The molecule has 3 unspecified atom stereocenters. The zero-order valence-corrected chi connectivity index (χ0v) is 14.5. The maximum absolute atomic E-state index is 6.38. The first kappa shape index (κ1) is 15.4. The fourth-order valence-electron chi connectivity index (χ4n) is 3.36. The van der Waals surface area contributed by atoms with Crippen LogP contribution in [0.2, 0.25) is 5.02 Å². The summed E-state index contributed by atoms with van der Waals surface area (Å²) in [7, 11) is 2.00. The monoisotopic (exact) mass is 346 g/mol. The Balaban J connectivity index is 2.07. The second-order valence-corrected chi connectivity index (χ2v) is 7.47. The van der Waals surface area contributed by atoms with Gasteiger partial charge < -0.3 is 0 Å². The summed E-state index contributed by atoms with van der Waals surface area (Å²) in [5, 5.41) is 5.29. The zero-order chi connectivity index (χ0) is 14.0. The molecule has 0 spiro atoms. The van der Waals surface area contributed by atoms with Crippen LogP contribution in [0.5, 0.6) is 0 Å². The second-order valence-electron chi connectivity index (χ2n) is 5.92. The van der Waals surface area contributed by atoms with Crippen LogP contribution in [0.4, 0.5) is 0 Å². The summed E-state index contributed by atoms with van der Waals surface area (Å²) in [6.45, 7) is 4.27. The quantitative estimate of drug-likeness (QED) is 0.708. The van der Waals surface area contributed by atoms with Crippen molar-refractivity contribution in [3.05, 3.63) is 16.4 Å². The van der Waals surface area contributed by atoms with E-state index in [1.807, 2.05) is 18.7 Å². The minimum absolute atomic E-state index is 0.631. The zero-order valence-electron chi connectivity index (χ0n) is 12.1. The highest BCUT2D eigenvalue weighted by Gasteiger charge is 2.30. The third-order valence-corrected chi connectivity index (χ3v) is 6.11. The number of rotatable bonds is 4. The molecule has 0 aromatic carbocycles. The Labute approximate surface area is 130 Å². The Kier molecular flexibility index (Phi) is 5.36. The first-order chi connectivity index (χ1) is 9.02.